The lowest BCUT2D eigenvalue weighted by Crippen LogP contribution is -2.01. The van der Waals surface area contributed by atoms with Crippen molar-refractivity contribution in [1.82, 2.24) is 0 Å². The predicted molar refractivity (Wildman–Crippen MR) is 93.0 cm³/mol. The summed E-state index contributed by atoms with van der Waals surface area (Å²) in [7, 11) is 0. The van der Waals surface area contributed by atoms with E-state index in [1.54, 1.807) is 0 Å². The third-order valence-corrected chi connectivity index (χ3v) is 4.15. The Bertz CT molecular complexity index is 690. The zero-order valence-corrected chi connectivity index (χ0v) is 14.3. The van der Waals surface area contributed by atoms with Gasteiger partial charge in [-0.3, -0.25) is 4.99 Å². The van der Waals surface area contributed by atoms with E-state index in [0.29, 0.717) is 0 Å². The summed E-state index contributed by atoms with van der Waals surface area (Å²) in [5.41, 5.74) is 5.22. The molecule has 0 aliphatic rings. The van der Waals surface area contributed by atoms with E-state index in [1.165, 1.54) is 0 Å². The van der Waals surface area contributed by atoms with Crippen molar-refractivity contribution in [2.45, 2.75) is 33.7 Å². The Balaban J connectivity index is 2.33. The molecule has 2 aromatic rings. The summed E-state index contributed by atoms with van der Waals surface area (Å²) in [6, 6.07) is 12.1. The maximum absolute atomic E-state index is 6.31. The first kappa shape index (κ1) is 16.1. The summed E-state index contributed by atoms with van der Waals surface area (Å²) in [4.78, 5) is 4.75. The van der Waals surface area contributed by atoms with Crippen molar-refractivity contribution < 1.29 is 0 Å². The van der Waals surface area contributed by atoms with Gasteiger partial charge in [-0.25, -0.2) is 0 Å². The van der Waals surface area contributed by atoms with Gasteiger partial charge in [-0.1, -0.05) is 47.5 Å². The van der Waals surface area contributed by atoms with E-state index < -0.39 is 0 Å². The Hall–Kier alpha value is -1.31. The number of aryl methyl sites for hydroxylation is 2. The fourth-order valence-corrected chi connectivity index (χ4v) is 3.08. The molecule has 0 fully saturated rings. The maximum atomic E-state index is 6.31. The number of aliphatic imine (C=N–C) groups is 1. The van der Waals surface area contributed by atoms with Crippen LogP contribution in [0.4, 0.5) is 0 Å². The summed E-state index contributed by atoms with van der Waals surface area (Å²) < 4.78 is 0. The van der Waals surface area contributed by atoms with Crippen LogP contribution >= 0.6 is 23.2 Å². The summed E-state index contributed by atoms with van der Waals surface area (Å²) >= 11 is 12.6. The molecule has 0 bridgehead atoms. The van der Waals surface area contributed by atoms with Crippen LogP contribution in [0.2, 0.25) is 10.0 Å². The standard InChI is InChI=1S/C18H19Cl2N/c1-11-5-7-15(17(19)9-11)13(3)21-14(4)16-8-6-12(2)10-18(16)20/h5-10,13H,1-4H3. The molecule has 0 aliphatic heterocycles. The molecule has 0 N–H and O–H groups in total. The Labute approximate surface area is 136 Å². The van der Waals surface area contributed by atoms with Crippen LogP contribution in [-0.4, -0.2) is 5.71 Å². The average Bonchev–Trinajstić information content (AvgIpc) is 2.37. The second-order valence-corrected chi connectivity index (χ2v) is 6.21. The predicted octanol–water partition coefficient (Wildman–Crippen LogP) is 6.18. The summed E-state index contributed by atoms with van der Waals surface area (Å²) in [5, 5.41) is 1.49. The van der Waals surface area contributed by atoms with Gasteiger partial charge >= 0.3 is 0 Å². The number of hydrogen-bond donors (Lipinski definition) is 0. The van der Waals surface area contributed by atoms with E-state index in [1.807, 2.05) is 58.0 Å². The molecule has 0 radical (unpaired) electrons. The molecule has 0 aromatic heterocycles. The smallest absolute Gasteiger partial charge is 0.0738 e. The maximum Gasteiger partial charge on any atom is 0.0738 e. The molecule has 2 rings (SSSR count). The van der Waals surface area contributed by atoms with Crippen LogP contribution in [0.15, 0.2) is 41.4 Å². The van der Waals surface area contributed by atoms with Crippen molar-refractivity contribution in [2.24, 2.45) is 4.99 Å². The molecule has 0 spiro atoms. The minimum Gasteiger partial charge on any atom is -0.282 e. The molecule has 110 valence electrons. The molecule has 1 unspecified atom stereocenters. The van der Waals surface area contributed by atoms with Crippen LogP contribution in [-0.2, 0) is 0 Å². The van der Waals surface area contributed by atoms with Crippen LogP contribution in [0.5, 0.6) is 0 Å². The van der Waals surface area contributed by atoms with Crippen LogP contribution in [0.3, 0.4) is 0 Å². The first-order valence-corrected chi connectivity index (χ1v) is 7.71. The normalized spacial score (nSPS) is 13.3. The Kier molecular flexibility index (Phi) is 5.08. The molecule has 0 aliphatic carbocycles. The monoisotopic (exact) mass is 319 g/mol. The largest absolute Gasteiger partial charge is 0.282 e. The van der Waals surface area contributed by atoms with Crippen molar-refractivity contribution in [3.63, 3.8) is 0 Å². The molecular formula is C18H19Cl2N. The number of halogens is 2. The lowest BCUT2D eigenvalue weighted by atomic mass is 10.1. The first-order valence-electron chi connectivity index (χ1n) is 6.95. The second-order valence-electron chi connectivity index (χ2n) is 5.40. The molecular weight excluding hydrogens is 301 g/mol. The first-order chi connectivity index (χ1) is 9.88. The van der Waals surface area contributed by atoms with Gasteiger partial charge in [-0.15, -0.1) is 0 Å². The molecule has 0 saturated heterocycles. The highest BCUT2D eigenvalue weighted by Crippen LogP contribution is 2.28. The van der Waals surface area contributed by atoms with Crippen molar-refractivity contribution in [3.05, 3.63) is 68.7 Å². The van der Waals surface area contributed by atoms with E-state index in [9.17, 15) is 0 Å². The van der Waals surface area contributed by atoms with Crippen molar-refractivity contribution in [1.29, 1.82) is 0 Å². The van der Waals surface area contributed by atoms with Crippen molar-refractivity contribution >= 4 is 28.9 Å². The molecule has 1 atom stereocenters. The number of nitrogens with zero attached hydrogens (tertiary/aromatic N) is 1. The van der Waals surface area contributed by atoms with Crippen molar-refractivity contribution in [3.8, 4) is 0 Å². The minimum absolute atomic E-state index is 0.00419. The Morgan fingerprint density at radius 3 is 2.10 bits per heavy atom. The molecule has 0 saturated carbocycles. The zero-order valence-electron chi connectivity index (χ0n) is 12.7. The van der Waals surface area contributed by atoms with Crippen LogP contribution in [0, 0.1) is 13.8 Å². The molecule has 2 aromatic carbocycles. The van der Waals surface area contributed by atoms with Gasteiger partial charge in [0.15, 0.2) is 0 Å². The fraction of sp³-hybridized carbons (Fsp3) is 0.278. The van der Waals surface area contributed by atoms with Gasteiger partial charge in [0, 0.05) is 21.3 Å². The van der Waals surface area contributed by atoms with Gasteiger partial charge in [-0.05, 0) is 56.5 Å². The van der Waals surface area contributed by atoms with E-state index in [4.69, 9.17) is 28.2 Å². The quantitative estimate of drug-likeness (QED) is 0.599. The van der Waals surface area contributed by atoms with Gasteiger partial charge < -0.3 is 0 Å². The Morgan fingerprint density at radius 2 is 1.52 bits per heavy atom. The highest BCUT2D eigenvalue weighted by molar-refractivity contribution is 6.34. The molecule has 3 heteroatoms. The number of hydrogen-bond acceptors (Lipinski definition) is 1. The van der Waals surface area contributed by atoms with Crippen molar-refractivity contribution in [2.75, 3.05) is 0 Å². The SMILES string of the molecule is CC(=NC(C)c1ccc(C)cc1Cl)c1ccc(C)cc1Cl. The lowest BCUT2D eigenvalue weighted by molar-refractivity contribution is 0.819. The van der Waals surface area contributed by atoms with Crippen LogP contribution in [0.25, 0.3) is 0 Å². The van der Waals surface area contributed by atoms with Crippen LogP contribution < -0.4 is 0 Å². The van der Waals surface area contributed by atoms with Gasteiger partial charge in [0.25, 0.3) is 0 Å². The molecule has 1 nitrogen and oxygen atoms in total. The van der Waals surface area contributed by atoms with Crippen LogP contribution in [0.1, 0.15) is 42.1 Å². The van der Waals surface area contributed by atoms with E-state index >= 15 is 0 Å². The van der Waals surface area contributed by atoms with E-state index in [0.717, 1.165) is 38.0 Å². The fourth-order valence-electron chi connectivity index (χ4n) is 2.31. The summed E-state index contributed by atoms with van der Waals surface area (Å²) in [5.74, 6) is 0. The molecule has 0 heterocycles. The third kappa shape index (κ3) is 3.87. The lowest BCUT2D eigenvalue weighted by Gasteiger charge is -2.12. The van der Waals surface area contributed by atoms with Gasteiger partial charge in [0.2, 0.25) is 0 Å². The number of rotatable bonds is 3. The highest BCUT2D eigenvalue weighted by atomic mass is 35.5. The molecule has 21 heavy (non-hydrogen) atoms. The van der Waals surface area contributed by atoms with E-state index in [2.05, 4.69) is 6.07 Å². The molecule has 0 amide bonds. The average molecular weight is 320 g/mol. The van der Waals surface area contributed by atoms with Gasteiger partial charge in [0.1, 0.15) is 0 Å². The summed E-state index contributed by atoms with van der Waals surface area (Å²) in [6.45, 7) is 8.08. The highest BCUT2D eigenvalue weighted by Gasteiger charge is 2.11. The van der Waals surface area contributed by atoms with Gasteiger partial charge in [-0.2, -0.15) is 0 Å². The zero-order chi connectivity index (χ0) is 15.6. The van der Waals surface area contributed by atoms with Gasteiger partial charge in [0.05, 0.1) is 6.04 Å². The van der Waals surface area contributed by atoms with E-state index in [-0.39, 0.29) is 6.04 Å². The minimum atomic E-state index is -0.00419. The summed E-state index contributed by atoms with van der Waals surface area (Å²) in [6.07, 6.45) is 0. The second kappa shape index (κ2) is 6.64. The topological polar surface area (TPSA) is 12.4 Å². The number of benzene rings is 2. The Morgan fingerprint density at radius 1 is 0.952 bits per heavy atom. The third-order valence-electron chi connectivity index (χ3n) is 3.51.